The van der Waals surface area contributed by atoms with E-state index in [9.17, 15) is 5.11 Å². The summed E-state index contributed by atoms with van der Waals surface area (Å²) in [6.07, 6.45) is 0. The van der Waals surface area contributed by atoms with Crippen molar-refractivity contribution in [2.45, 2.75) is 10.5 Å². The first kappa shape index (κ1) is 13.0. The van der Waals surface area contributed by atoms with E-state index in [-0.39, 0.29) is 5.84 Å². The molecule has 6 heteroatoms. The summed E-state index contributed by atoms with van der Waals surface area (Å²) in [4.78, 5) is 5.38. The number of halogens is 1. The van der Waals surface area contributed by atoms with Crippen molar-refractivity contribution in [2.75, 3.05) is 11.2 Å². The maximum atomic E-state index is 11.2. The first-order valence-corrected chi connectivity index (χ1v) is 7.83. The Balaban J connectivity index is 1.92. The van der Waals surface area contributed by atoms with Crippen LogP contribution in [-0.4, -0.2) is 16.8 Å². The summed E-state index contributed by atoms with van der Waals surface area (Å²) in [6.45, 7) is 0. The largest absolute Gasteiger partial charge is 0.384 e. The van der Waals surface area contributed by atoms with Gasteiger partial charge in [0, 0.05) is 21.2 Å². The molecule has 0 saturated heterocycles. The highest BCUT2D eigenvalue weighted by molar-refractivity contribution is 7.99. The molecule has 2 heterocycles. The summed E-state index contributed by atoms with van der Waals surface area (Å²) < 4.78 is 0. The number of aliphatic imine (C=N–C) groups is 1. The number of hydrogen-bond acceptors (Lipinski definition) is 5. The molecule has 1 atom stereocenters. The maximum Gasteiger partial charge on any atom is 0.174 e. The average molecular weight is 318 g/mol. The van der Waals surface area contributed by atoms with Crippen molar-refractivity contribution in [2.24, 2.45) is 10.7 Å². The van der Waals surface area contributed by atoms with E-state index in [1.54, 1.807) is 30.0 Å². The van der Waals surface area contributed by atoms with Crippen LogP contribution in [0.1, 0.15) is 11.1 Å². The number of nitrogens with two attached hydrogens (primary N) is 1. The average Bonchev–Trinajstić information content (AvgIpc) is 3.03. The lowest BCUT2D eigenvalue weighted by molar-refractivity contribution is 0.158. The zero-order valence-corrected chi connectivity index (χ0v) is 12.5. The van der Waals surface area contributed by atoms with E-state index in [2.05, 4.69) is 10.3 Å². The van der Waals surface area contributed by atoms with Gasteiger partial charge >= 0.3 is 0 Å². The molecule has 4 N–H and O–H groups in total. The summed E-state index contributed by atoms with van der Waals surface area (Å²) in [5.41, 5.74) is 7.68. The number of thioether (sulfide) groups is 1. The maximum absolute atomic E-state index is 11.2. The van der Waals surface area contributed by atoms with Gasteiger partial charge in [0.2, 0.25) is 0 Å². The van der Waals surface area contributed by atoms with Gasteiger partial charge in [-0.25, -0.2) is 4.99 Å². The Morgan fingerprint density at radius 3 is 3.00 bits per heavy atom. The van der Waals surface area contributed by atoms with E-state index in [4.69, 9.17) is 17.3 Å². The van der Waals surface area contributed by atoms with Gasteiger partial charge in [0.05, 0.1) is 11.6 Å². The highest BCUT2D eigenvalue weighted by Gasteiger charge is 2.42. The van der Waals surface area contributed by atoms with Gasteiger partial charge in [-0.15, -0.1) is 11.8 Å². The molecule has 4 rings (SSSR count). The molecule has 0 radical (unpaired) electrons. The van der Waals surface area contributed by atoms with Gasteiger partial charge in [-0.1, -0.05) is 17.7 Å². The SMILES string of the molecule is NC1=Nc2ccc(Cl)cc2C1(O)c1ccc2c(c1)SCN2. The molecule has 1 unspecified atom stereocenters. The number of amidine groups is 1. The Bertz CT molecular complexity index is 792. The Morgan fingerprint density at radius 2 is 2.14 bits per heavy atom. The van der Waals surface area contributed by atoms with Crippen LogP contribution in [0.25, 0.3) is 0 Å². The number of rotatable bonds is 1. The van der Waals surface area contributed by atoms with Crippen molar-refractivity contribution >= 4 is 40.6 Å². The Hall–Kier alpha value is -1.69. The number of nitrogens with zero attached hydrogens (tertiary/aromatic N) is 1. The summed E-state index contributed by atoms with van der Waals surface area (Å²) in [7, 11) is 0. The minimum absolute atomic E-state index is 0.177. The van der Waals surface area contributed by atoms with Crippen LogP contribution in [0.4, 0.5) is 11.4 Å². The smallest absolute Gasteiger partial charge is 0.174 e. The fourth-order valence-corrected chi connectivity index (χ4v) is 3.81. The van der Waals surface area contributed by atoms with Crippen molar-refractivity contribution in [3.63, 3.8) is 0 Å². The molecular weight excluding hydrogens is 306 g/mol. The topological polar surface area (TPSA) is 70.6 Å². The first-order chi connectivity index (χ1) is 10.1. The van der Waals surface area contributed by atoms with Crippen molar-refractivity contribution in [1.29, 1.82) is 0 Å². The van der Waals surface area contributed by atoms with E-state index in [1.807, 2.05) is 18.2 Å². The molecule has 2 aliphatic heterocycles. The number of fused-ring (bicyclic) bond motifs is 2. The highest BCUT2D eigenvalue weighted by Crippen LogP contribution is 2.45. The van der Waals surface area contributed by atoms with Crippen molar-refractivity contribution in [1.82, 2.24) is 0 Å². The second kappa shape index (κ2) is 4.40. The number of aliphatic hydroxyl groups is 1. The fraction of sp³-hybridized carbons (Fsp3) is 0.133. The van der Waals surface area contributed by atoms with Gasteiger partial charge in [-0.3, -0.25) is 0 Å². The molecule has 21 heavy (non-hydrogen) atoms. The first-order valence-electron chi connectivity index (χ1n) is 6.47. The number of benzene rings is 2. The molecule has 0 aliphatic carbocycles. The Kier molecular flexibility index (Phi) is 2.73. The van der Waals surface area contributed by atoms with Crippen molar-refractivity contribution < 1.29 is 5.11 Å². The molecule has 0 amide bonds. The van der Waals surface area contributed by atoms with E-state index in [1.165, 1.54) is 0 Å². The predicted molar refractivity (Wildman–Crippen MR) is 86.5 cm³/mol. The van der Waals surface area contributed by atoms with Crippen molar-refractivity contribution in [3.8, 4) is 0 Å². The molecular formula is C15H12ClN3OS. The molecule has 0 bridgehead atoms. The Labute approximate surface area is 131 Å². The van der Waals surface area contributed by atoms with Crippen LogP contribution >= 0.6 is 23.4 Å². The van der Waals surface area contributed by atoms with Crippen LogP contribution < -0.4 is 11.1 Å². The minimum atomic E-state index is -1.42. The standard InChI is InChI=1S/C15H12ClN3OS/c16-9-2-4-11-10(6-9)15(20,14(17)19-11)8-1-3-12-13(5-8)21-7-18-12/h1-6,18,20H,7H2,(H2,17,19). The van der Waals surface area contributed by atoms with Crippen molar-refractivity contribution in [3.05, 3.63) is 52.5 Å². The summed E-state index contributed by atoms with van der Waals surface area (Å²) in [5, 5.41) is 15.0. The van der Waals surface area contributed by atoms with Gasteiger partial charge in [0.15, 0.2) is 5.60 Å². The zero-order valence-electron chi connectivity index (χ0n) is 10.9. The van der Waals surface area contributed by atoms with Gasteiger partial charge in [-0.05, 0) is 35.9 Å². The lowest BCUT2D eigenvalue weighted by Gasteiger charge is -2.25. The normalized spacial score (nSPS) is 22.5. The third-order valence-corrected chi connectivity index (χ3v) is 5.02. The van der Waals surface area contributed by atoms with E-state index in [0.29, 0.717) is 21.8 Å². The van der Waals surface area contributed by atoms with E-state index < -0.39 is 5.60 Å². The van der Waals surface area contributed by atoms with Crippen LogP contribution in [0, 0.1) is 0 Å². The van der Waals surface area contributed by atoms with Crippen LogP contribution in [-0.2, 0) is 5.60 Å². The lowest BCUT2D eigenvalue weighted by Crippen LogP contribution is -2.39. The molecule has 0 saturated carbocycles. The molecule has 2 aliphatic rings. The molecule has 0 spiro atoms. The monoisotopic (exact) mass is 317 g/mol. The van der Waals surface area contributed by atoms with Gasteiger partial charge < -0.3 is 16.2 Å². The summed E-state index contributed by atoms with van der Waals surface area (Å²) in [6, 6.07) is 11.0. The van der Waals surface area contributed by atoms with Gasteiger partial charge in [0.25, 0.3) is 0 Å². The third-order valence-electron chi connectivity index (χ3n) is 3.85. The highest BCUT2D eigenvalue weighted by atomic mass is 35.5. The molecule has 4 nitrogen and oxygen atoms in total. The molecule has 2 aromatic rings. The fourth-order valence-electron chi connectivity index (χ4n) is 2.75. The van der Waals surface area contributed by atoms with Gasteiger partial charge in [0.1, 0.15) is 5.84 Å². The van der Waals surface area contributed by atoms with Crippen LogP contribution in [0.15, 0.2) is 46.3 Å². The molecule has 0 aromatic heterocycles. The van der Waals surface area contributed by atoms with Crippen LogP contribution in [0.2, 0.25) is 5.02 Å². The number of nitrogens with one attached hydrogen (secondary N) is 1. The third kappa shape index (κ3) is 1.78. The summed E-state index contributed by atoms with van der Waals surface area (Å²) in [5.74, 6) is 1.01. The van der Waals surface area contributed by atoms with E-state index >= 15 is 0 Å². The zero-order chi connectivity index (χ0) is 14.6. The predicted octanol–water partition coefficient (Wildman–Crippen LogP) is 3.05. The quantitative estimate of drug-likeness (QED) is 0.756. The van der Waals surface area contributed by atoms with Gasteiger partial charge in [-0.2, -0.15) is 0 Å². The number of hydrogen-bond donors (Lipinski definition) is 3. The minimum Gasteiger partial charge on any atom is -0.384 e. The molecule has 106 valence electrons. The lowest BCUT2D eigenvalue weighted by atomic mass is 9.86. The second-order valence-electron chi connectivity index (χ2n) is 5.05. The number of anilines is 1. The van der Waals surface area contributed by atoms with E-state index in [0.717, 1.165) is 16.5 Å². The Morgan fingerprint density at radius 1 is 1.29 bits per heavy atom. The molecule has 2 aromatic carbocycles. The summed E-state index contributed by atoms with van der Waals surface area (Å²) >= 11 is 7.76. The molecule has 0 fully saturated rings. The van der Waals surface area contributed by atoms with Crippen LogP contribution in [0.5, 0.6) is 0 Å². The van der Waals surface area contributed by atoms with Crippen LogP contribution in [0.3, 0.4) is 0 Å². The second-order valence-corrected chi connectivity index (χ2v) is 6.50.